The average Bonchev–Trinajstić information content (AvgIpc) is 2.98. The summed E-state index contributed by atoms with van der Waals surface area (Å²) in [6, 6.07) is 12.3. The molecule has 0 aliphatic carbocycles. The summed E-state index contributed by atoms with van der Waals surface area (Å²) in [5.74, 6) is 0.531. The number of ether oxygens (including phenoxy) is 2. The van der Waals surface area contributed by atoms with Crippen molar-refractivity contribution in [3.05, 3.63) is 59.2 Å². The van der Waals surface area contributed by atoms with Crippen LogP contribution in [-0.2, 0) is 11.3 Å². The largest absolute Gasteiger partial charge is 0.493 e. The van der Waals surface area contributed by atoms with Gasteiger partial charge in [0.05, 0.1) is 25.3 Å². The van der Waals surface area contributed by atoms with E-state index in [0.717, 1.165) is 5.56 Å². The van der Waals surface area contributed by atoms with E-state index in [0.29, 0.717) is 35.6 Å². The molecule has 152 valence electrons. The van der Waals surface area contributed by atoms with E-state index in [1.165, 1.54) is 4.90 Å². The lowest BCUT2D eigenvalue weighted by atomic mass is 10.1. The SMILES string of the molecule is COc1cccc(CN(C)C(=O)CCCN2C(=O)c3ccccc3C2=O)c1OC. The maximum absolute atomic E-state index is 12.5. The van der Waals surface area contributed by atoms with E-state index >= 15 is 0 Å². The summed E-state index contributed by atoms with van der Waals surface area (Å²) in [5, 5.41) is 0. The highest BCUT2D eigenvalue weighted by molar-refractivity contribution is 6.21. The van der Waals surface area contributed by atoms with Crippen molar-refractivity contribution in [1.29, 1.82) is 0 Å². The molecule has 1 heterocycles. The molecule has 2 aromatic carbocycles. The monoisotopic (exact) mass is 396 g/mol. The van der Waals surface area contributed by atoms with Crippen LogP contribution in [0, 0.1) is 0 Å². The molecule has 0 fully saturated rings. The fourth-order valence-electron chi connectivity index (χ4n) is 3.44. The van der Waals surface area contributed by atoms with Crippen molar-refractivity contribution in [3.8, 4) is 11.5 Å². The highest BCUT2D eigenvalue weighted by Gasteiger charge is 2.34. The number of nitrogens with zero attached hydrogens (tertiary/aromatic N) is 2. The van der Waals surface area contributed by atoms with Gasteiger partial charge in [-0.3, -0.25) is 19.3 Å². The lowest BCUT2D eigenvalue weighted by Gasteiger charge is -2.20. The predicted molar refractivity (Wildman–Crippen MR) is 107 cm³/mol. The fourth-order valence-corrected chi connectivity index (χ4v) is 3.44. The molecule has 7 heteroatoms. The molecule has 3 rings (SSSR count). The Bertz CT molecular complexity index is 906. The zero-order valence-corrected chi connectivity index (χ0v) is 16.8. The lowest BCUT2D eigenvalue weighted by molar-refractivity contribution is -0.130. The van der Waals surface area contributed by atoms with Crippen molar-refractivity contribution in [2.75, 3.05) is 27.8 Å². The Kier molecular flexibility index (Phi) is 6.16. The average molecular weight is 396 g/mol. The molecule has 0 atom stereocenters. The van der Waals surface area contributed by atoms with Crippen LogP contribution in [0.25, 0.3) is 0 Å². The highest BCUT2D eigenvalue weighted by atomic mass is 16.5. The van der Waals surface area contributed by atoms with Crippen molar-refractivity contribution in [2.24, 2.45) is 0 Å². The second-order valence-electron chi connectivity index (χ2n) is 6.81. The molecule has 2 aromatic rings. The summed E-state index contributed by atoms with van der Waals surface area (Å²) in [5.41, 5.74) is 1.68. The van der Waals surface area contributed by atoms with Crippen LogP contribution in [0.15, 0.2) is 42.5 Å². The number of rotatable bonds is 8. The highest BCUT2D eigenvalue weighted by Crippen LogP contribution is 2.31. The molecule has 29 heavy (non-hydrogen) atoms. The first kappa shape index (κ1) is 20.4. The molecule has 0 saturated heterocycles. The van der Waals surface area contributed by atoms with E-state index in [9.17, 15) is 14.4 Å². The molecule has 0 radical (unpaired) electrons. The van der Waals surface area contributed by atoms with Crippen molar-refractivity contribution >= 4 is 17.7 Å². The van der Waals surface area contributed by atoms with E-state index < -0.39 is 0 Å². The van der Waals surface area contributed by atoms with Crippen LogP contribution in [0.3, 0.4) is 0 Å². The summed E-state index contributed by atoms with van der Waals surface area (Å²) < 4.78 is 10.7. The van der Waals surface area contributed by atoms with Crippen LogP contribution < -0.4 is 9.47 Å². The zero-order valence-electron chi connectivity index (χ0n) is 16.8. The van der Waals surface area contributed by atoms with Crippen LogP contribution in [0.2, 0.25) is 0 Å². The number of carbonyl (C=O) groups is 3. The minimum Gasteiger partial charge on any atom is -0.493 e. The van der Waals surface area contributed by atoms with Crippen molar-refractivity contribution in [1.82, 2.24) is 9.80 Å². The third kappa shape index (κ3) is 4.08. The number of benzene rings is 2. The van der Waals surface area contributed by atoms with Gasteiger partial charge in [-0.15, -0.1) is 0 Å². The van der Waals surface area contributed by atoms with Crippen LogP contribution in [0.1, 0.15) is 39.1 Å². The summed E-state index contributed by atoms with van der Waals surface area (Å²) >= 11 is 0. The Labute approximate surface area is 169 Å². The first-order valence-electron chi connectivity index (χ1n) is 9.37. The van der Waals surface area contributed by atoms with E-state index in [1.54, 1.807) is 56.5 Å². The Morgan fingerprint density at radius 3 is 2.21 bits per heavy atom. The zero-order chi connectivity index (χ0) is 21.0. The molecule has 0 bridgehead atoms. The lowest BCUT2D eigenvalue weighted by Crippen LogP contribution is -2.32. The first-order valence-corrected chi connectivity index (χ1v) is 9.37. The van der Waals surface area contributed by atoms with Gasteiger partial charge < -0.3 is 14.4 Å². The van der Waals surface area contributed by atoms with Crippen molar-refractivity contribution in [3.63, 3.8) is 0 Å². The number of carbonyl (C=O) groups excluding carboxylic acids is 3. The molecular formula is C22H24N2O5. The molecule has 7 nitrogen and oxygen atoms in total. The standard InChI is InChI=1S/C22H24N2O5/c1-23(14-15-8-6-11-18(28-2)20(15)29-3)19(25)12-7-13-24-21(26)16-9-4-5-10-17(16)22(24)27/h4-6,8-11H,7,12-14H2,1-3H3. The Morgan fingerprint density at radius 1 is 0.966 bits per heavy atom. The predicted octanol–water partition coefficient (Wildman–Crippen LogP) is 2.74. The third-order valence-electron chi connectivity index (χ3n) is 4.97. The van der Waals surface area contributed by atoms with E-state index in [2.05, 4.69) is 0 Å². The number of methoxy groups -OCH3 is 2. The minimum absolute atomic E-state index is 0.0773. The van der Waals surface area contributed by atoms with E-state index in [-0.39, 0.29) is 30.7 Å². The summed E-state index contributed by atoms with van der Waals surface area (Å²) in [7, 11) is 4.84. The van der Waals surface area contributed by atoms with Crippen molar-refractivity contribution in [2.45, 2.75) is 19.4 Å². The smallest absolute Gasteiger partial charge is 0.261 e. The van der Waals surface area contributed by atoms with E-state index in [4.69, 9.17) is 9.47 Å². The molecule has 0 aromatic heterocycles. The first-order chi connectivity index (χ1) is 14.0. The molecule has 0 N–H and O–H groups in total. The van der Waals surface area contributed by atoms with Gasteiger partial charge in [0.1, 0.15) is 0 Å². The van der Waals surface area contributed by atoms with Gasteiger partial charge in [0.15, 0.2) is 11.5 Å². The summed E-state index contributed by atoms with van der Waals surface area (Å²) in [6.07, 6.45) is 0.639. The van der Waals surface area contributed by atoms with Crippen LogP contribution in [0.5, 0.6) is 11.5 Å². The van der Waals surface area contributed by atoms with Crippen LogP contribution in [0.4, 0.5) is 0 Å². The van der Waals surface area contributed by atoms with Gasteiger partial charge in [-0.05, 0) is 24.6 Å². The van der Waals surface area contributed by atoms with Gasteiger partial charge in [-0.1, -0.05) is 24.3 Å². The van der Waals surface area contributed by atoms with Crippen LogP contribution in [-0.4, -0.2) is 55.3 Å². The summed E-state index contributed by atoms with van der Waals surface area (Å²) in [4.78, 5) is 40.1. The number of para-hydroxylation sites is 1. The van der Waals surface area contributed by atoms with Crippen molar-refractivity contribution < 1.29 is 23.9 Å². The number of amides is 3. The molecule has 0 unspecified atom stereocenters. The molecule has 1 aliphatic rings. The molecule has 1 aliphatic heterocycles. The quantitative estimate of drug-likeness (QED) is 0.642. The normalized spacial score (nSPS) is 12.7. The van der Waals surface area contributed by atoms with Gasteiger partial charge in [0.2, 0.25) is 5.91 Å². The molecule has 3 amide bonds. The van der Waals surface area contributed by atoms with Gasteiger partial charge in [-0.2, -0.15) is 0 Å². The Balaban J connectivity index is 1.55. The van der Waals surface area contributed by atoms with Gasteiger partial charge in [0, 0.05) is 32.1 Å². The maximum Gasteiger partial charge on any atom is 0.261 e. The molecule has 0 spiro atoms. The second-order valence-corrected chi connectivity index (χ2v) is 6.81. The fraction of sp³-hybridized carbons (Fsp3) is 0.318. The minimum atomic E-state index is -0.299. The number of imide groups is 1. The Hall–Kier alpha value is -3.35. The van der Waals surface area contributed by atoms with Gasteiger partial charge >= 0.3 is 0 Å². The topological polar surface area (TPSA) is 76.2 Å². The molecule has 0 saturated carbocycles. The number of hydrogen-bond donors (Lipinski definition) is 0. The maximum atomic E-state index is 12.5. The summed E-state index contributed by atoms with van der Waals surface area (Å²) in [6.45, 7) is 0.584. The van der Waals surface area contributed by atoms with Gasteiger partial charge in [0.25, 0.3) is 11.8 Å². The third-order valence-corrected chi connectivity index (χ3v) is 4.97. The Morgan fingerprint density at radius 2 is 1.62 bits per heavy atom. The van der Waals surface area contributed by atoms with E-state index in [1.807, 2.05) is 12.1 Å². The number of fused-ring (bicyclic) bond motifs is 1. The van der Waals surface area contributed by atoms with Crippen LogP contribution >= 0.6 is 0 Å². The second kappa shape index (κ2) is 8.77. The van der Waals surface area contributed by atoms with Gasteiger partial charge in [-0.25, -0.2) is 0 Å². The molecular weight excluding hydrogens is 372 g/mol. The number of hydrogen-bond acceptors (Lipinski definition) is 5.